The van der Waals surface area contributed by atoms with Gasteiger partial charge in [0.2, 0.25) is 0 Å². The average Bonchev–Trinajstić information content (AvgIpc) is 3.62. The van der Waals surface area contributed by atoms with E-state index < -0.39 is 5.91 Å². The van der Waals surface area contributed by atoms with Gasteiger partial charge in [0.1, 0.15) is 11.3 Å². The molecule has 194 valence electrons. The van der Waals surface area contributed by atoms with Crippen molar-refractivity contribution < 1.29 is 14.0 Å². The van der Waals surface area contributed by atoms with Crippen LogP contribution in [0.5, 0.6) is 0 Å². The van der Waals surface area contributed by atoms with E-state index >= 15 is 0 Å². The quantitative estimate of drug-likeness (QED) is 0.445. The smallest absolute Gasteiger partial charge is 0.290 e. The number of likely N-dealkylation sites (tertiary alicyclic amines) is 2. The van der Waals surface area contributed by atoms with Gasteiger partial charge in [0.05, 0.1) is 11.3 Å². The molecule has 1 aromatic heterocycles. The van der Waals surface area contributed by atoms with E-state index in [1.165, 1.54) is 0 Å². The fourth-order valence-corrected chi connectivity index (χ4v) is 5.31. The van der Waals surface area contributed by atoms with Crippen LogP contribution in [0.3, 0.4) is 0 Å². The highest BCUT2D eigenvalue weighted by Gasteiger charge is 2.34. The molecule has 0 saturated carbocycles. The molecule has 5 N–H and O–H groups in total. The monoisotopic (exact) mass is 503 g/mol. The van der Waals surface area contributed by atoms with Crippen molar-refractivity contribution in [3.05, 3.63) is 52.8 Å². The van der Waals surface area contributed by atoms with Crippen molar-refractivity contribution >= 4 is 40.0 Å². The van der Waals surface area contributed by atoms with Crippen LogP contribution >= 0.6 is 0 Å². The number of nitrogens with two attached hydrogens (primary N) is 1. The molecular weight excluding hydrogens is 470 g/mol. The van der Waals surface area contributed by atoms with Crippen LogP contribution in [-0.2, 0) is 9.59 Å². The molecule has 0 spiro atoms. The number of nitrogens with one attached hydrogen (secondary N) is 3. The van der Waals surface area contributed by atoms with Gasteiger partial charge in [0.25, 0.3) is 11.8 Å². The van der Waals surface area contributed by atoms with Gasteiger partial charge < -0.3 is 20.4 Å². The van der Waals surface area contributed by atoms with Crippen LogP contribution in [0.15, 0.2) is 45.4 Å². The summed E-state index contributed by atoms with van der Waals surface area (Å²) in [5.74, 6) is -0.161. The van der Waals surface area contributed by atoms with Gasteiger partial charge in [-0.3, -0.25) is 19.9 Å². The van der Waals surface area contributed by atoms with Crippen molar-refractivity contribution in [1.29, 1.82) is 5.41 Å². The molecule has 10 nitrogen and oxygen atoms in total. The van der Waals surface area contributed by atoms with Gasteiger partial charge in [0, 0.05) is 42.2 Å². The maximum atomic E-state index is 13.1. The molecule has 1 aromatic carbocycles. The Balaban J connectivity index is 1.44. The molecule has 0 radical (unpaired) electrons. The molecule has 4 heterocycles. The minimum Gasteiger partial charge on any atom is -0.454 e. The Kier molecular flexibility index (Phi) is 6.59. The van der Waals surface area contributed by atoms with Gasteiger partial charge in [0.15, 0.2) is 11.6 Å². The first-order valence-corrected chi connectivity index (χ1v) is 12.7. The van der Waals surface area contributed by atoms with Gasteiger partial charge in [-0.25, -0.2) is 5.43 Å². The summed E-state index contributed by atoms with van der Waals surface area (Å²) < 4.78 is 6.24. The van der Waals surface area contributed by atoms with E-state index in [4.69, 9.17) is 15.6 Å². The fraction of sp³-hybridized carbons (Fsp3) is 0.407. The number of furan rings is 1. The molecule has 2 fully saturated rings. The zero-order valence-electron chi connectivity index (χ0n) is 21.3. The Morgan fingerprint density at radius 1 is 1.30 bits per heavy atom. The SMILES string of the molecule is C=C(CN1CCCC1)C(=O)N1CCC(N/C(=C2\C(=N)C(=O)NN=C2N)c2oc3ccc(C)cc3c2C)C1. The first-order valence-electron chi connectivity index (χ1n) is 12.7. The van der Waals surface area contributed by atoms with Gasteiger partial charge in [-0.1, -0.05) is 18.2 Å². The number of fused-ring (bicyclic) bond motifs is 1. The summed E-state index contributed by atoms with van der Waals surface area (Å²) in [6.07, 6.45) is 3.01. The molecule has 5 rings (SSSR count). The maximum absolute atomic E-state index is 13.1. The zero-order chi connectivity index (χ0) is 26.3. The van der Waals surface area contributed by atoms with Gasteiger partial charge in [-0.15, -0.1) is 0 Å². The minimum absolute atomic E-state index is 0.0213. The summed E-state index contributed by atoms with van der Waals surface area (Å²) in [6.45, 7) is 11.7. The number of aryl methyl sites for hydroxylation is 2. The number of rotatable bonds is 6. The Bertz CT molecular complexity index is 1360. The number of hydrazone groups is 1. The third-order valence-corrected chi connectivity index (χ3v) is 7.32. The molecule has 3 aliphatic rings. The van der Waals surface area contributed by atoms with Crippen molar-refractivity contribution in [3.63, 3.8) is 0 Å². The standard InChI is InChI=1S/C27H33N7O3/c1-15-6-7-20-19(12-15)17(3)24(37-20)23(21-22(28)26(35)32-31-25(21)29)30-18-8-11-34(14-18)27(36)16(2)13-33-9-4-5-10-33/h6-7,12,18,28,30H,2,4-5,8-11,13-14H2,1,3H3,(H2,29,31)(H,32,35)/b23-21+,28-22?. The highest BCUT2D eigenvalue weighted by molar-refractivity contribution is 6.53. The van der Waals surface area contributed by atoms with Crippen LogP contribution in [-0.4, -0.2) is 71.9 Å². The average molecular weight is 504 g/mol. The van der Waals surface area contributed by atoms with E-state index in [2.05, 4.69) is 27.3 Å². The van der Waals surface area contributed by atoms with E-state index in [-0.39, 0.29) is 29.1 Å². The van der Waals surface area contributed by atoms with Crippen molar-refractivity contribution in [2.75, 3.05) is 32.7 Å². The first kappa shape index (κ1) is 24.8. The van der Waals surface area contributed by atoms with Crippen LogP contribution in [0.25, 0.3) is 16.7 Å². The predicted molar refractivity (Wildman–Crippen MR) is 143 cm³/mol. The second kappa shape index (κ2) is 9.85. The number of hydrogen-bond acceptors (Lipinski definition) is 8. The van der Waals surface area contributed by atoms with Crippen LogP contribution in [0, 0.1) is 19.3 Å². The van der Waals surface area contributed by atoms with Crippen LogP contribution in [0.4, 0.5) is 0 Å². The summed E-state index contributed by atoms with van der Waals surface area (Å²) >= 11 is 0. The van der Waals surface area contributed by atoms with Gasteiger partial charge in [-0.05, 0) is 58.3 Å². The summed E-state index contributed by atoms with van der Waals surface area (Å²) in [5, 5.41) is 16.8. The minimum atomic E-state index is -0.644. The number of nitrogens with zero attached hydrogens (tertiary/aromatic N) is 3. The van der Waals surface area contributed by atoms with E-state index in [9.17, 15) is 9.59 Å². The summed E-state index contributed by atoms with van der Waals surface area (Å²) in [4.78, 5) is 29.5. The number of amidine groups is 1. The van der Waals surface area contributed by atoms with Crippen molar-refractivity contribution in [2.24, 2.45) is 10.8 Å². The number of carbonyl (C=O) groups excluding carboxylic acids is 2. The first-order chi connectivity index (χ1) is 17.7. The molecule has 2 saturated heterocycles. The summed E-state index contributed by atoms with van der Waals surface area (Å²) in [5.41, 5.74) is 12.0. The third kappa shape index (κ3) is 4.76. The van der Waals surface area contributed by atoms with Crippen LogP contribution in [0.2, 0.25) is 0 Å². The van der Waals surface area contributed by atoms with E-state index in [1.807, 2.05) is 36.9 Å². The second-order valence-corrected chi connectivity index (χ2v) is 10.1. The molecule has 37 heavy (non-hydrogen) atoms. The summed E-state index contributed by atoms with van der Waals surface area (Å²) in [6, 6.07) is 5.78. The normalized spacial score (nSPS) is 21.8. The number of benzene rings is 1. The zero-order valence-corrected chi connectivity index (χ0v) is 21.3. The Labute approximate surface area is 215 Å². The van der Waals surface area contributed by atoms with Gasteiger partial charge in [-0.2, -0.15) is 5.10 Å². The lowest BCUT2D eigenvalue weighted by molar-refractivity contribution is -0.126. The Morgan fingerprint density at radius 3 is 2.81 bits per heavy atom. The van der Waals surface area contributed by atoms with E-state index in [1.54, 1.807) is 0 Å². The lowest BCUT2D eigenvalue weighted by Crippen LogP contribution is -2.43. The molecule has 10 heteroatoms. The largest absolute Gasteiger partial charge is 0.454 e. The molecule has 2 aromatic rings. The molecule has 0 bridgehead atoms. The number of carbonyl (C=O) groups is 2. The maximum Gasteiger partial charge on any atom is 0.290 e. The highest BCUT2D eigenvalue weighted by atomic mass is 16.3. The fourth-order valence-electron chi connectivity index (χ4n) is 5.31. The Morgan fingerprint density at radius 2 is 2.05 bits per heavy atom. The van der Waals surface area contributed by atoms with Crippen LogP contribution in [0.1, 0.15) is 36.1 Å². The molecule has 1 atom stereocenters. The number of amides is 2. The van der Waals surface area contributed by atoms with E-state index in [0.29, 0.717) is 48.7 Å². The van der Waals surface area contributed by atoms with E-state index in [0.717, 1.165) is 42.4 Å². The Hall–Kier alpha value is -3.92. The lowest BCUT2D eigenvalue weighted by atomic mass is 10.00. The third-order valence-electron chi connectivity index (χ3n) is 7.32. The molecule has 0 aliphatic carbocycles. The van der Waals surface area contributed by atoms with Crippen molar-refractivity contribution in [2.45, 2.75) is 39.2 Å². The molecule has 1 unspecified atom stereocenters. The highest BCUT2D eigenvalue weighted by Crippen LogP contribution is 2.33. The topological polar surface area (TPSA) is 140 Å². The lowest BCUT2D eigenvalue weighted by Gasteiger charge is -2.23. The van der Waals surface area contributed by atoms with Gasteiger partial charge >= 0.3 is 0 Å². The van der Waals surface area contributed by atoms with Crippen LogP contribution < -0.4 is 16.5 Å². The van der Waals surface area contributed by atoms with Crippen molar-refractivity contribution in [3.8, 4) is 0 Å². The number of hydrogen-bond donors (Lipinski definition) is 4. The second-order valence-electron chi connectivity index (χ2n) is 10.1. The predicted octanol–water partition coefficient (Wildman–Crippen LogP) is 2.03. The summed E-state index contributed by atoms with van der Waals surface area (Å²) in [7, 11) is 0. The molecular formula is C27H33N7O3. The van der Waals surface area contributed by atoms with Crippen molar-refractivity contribution in [1.82, 2.24) is 20.5 Å². The molecule has 3 aliphatic heterocycles. The molecule has 2 amide bonds.